The van der Waals surface area contributed by atoms with Gasteiger partial charge in [-0.3, -0.25) is 9.79 Å². The van der Waals surface area contributed by atoms with Crippen molar-refractivity contribution in [3.05, 3.63) is 33.8 Å². The molecule has 0 atom stereocenters. The molecule has 84 valence electrons. The Morgan fingerprint density at radius 1 is 1.44 bits per heavy atom. The number of halogens is 2. The number of carbonyl (C=O) groups is 1. The first kappa shape index (κ1) is 11.4. The molecule has 0 bridgehead atoms. The Hall–Kier alpha value is -1.06. The first-order chi connectivity index (χ1) is 7.66. The van der Waals surface area contributed by atoms with Gasteiger partial charge in [0.2, 0.25) is 0 Å². The number of nitrogens with zero attached hydrogens (tertiary/aromatic N) is 1. The summed E-state index contributed by atoms with van der Waals surface area (Å²) in [5, 5.41) is 3.96. The fourth-order valence-corrected chi connectivity index (χ4v) is 2.04. The standard InChI is InChI=1S/C11H10Cl2N2O/c12-7-1-2-8(9(13)5-7)10(16)6-11-14-3-4-15-11/h1-2,5H,3-4,6H2,(H,14,15). The van der Waals surface area contributed by atoms with Crippen LogP contribution < -0.4 is 5.32 Å². The fraction of sp³-hybridized carbons (Fsp3) is 0.273. The zero-order chi connectivity index (χ0) is 11.5. The van der Waals surface area contributed by atoms with E-state index in [1.165, 1.54) is 0 Å². The number of aliphatic imine (C=N–C) groups is 1. The van der Waals surface area contributed by atoms with Crippen molar-refractivity contribution in [3.63, 3.8) is 0 Å². The van der Waals surface area contributed by atoms with E-state index in [0.717, 1.165) is 18.9 Å². The van der Waals surface area contributed by atoms with Gasteiger partial charge in [0, 0.05) is 17.1 Å². The first-order valence-electron chi connectivity index (χ1n) is 4.92. The Morgan fingerprint density at radius 2 is 2.25 bits per heavy atom. The number of hydrogen-bond acceptors (Lipinski definition) is 3. The van der Waals surface area contributed by atoms with Gasteiger partial charge in [-0.1, -0.05) is 23.2 Å². The number of ketones is 1. The minimum Gasteiger partial charge on any atom is -0.372 e. The van der Waals surface area contributed by atoms with Crippen LogP contribution in [-0.4, -0.2) is 24.7 Å². The molecular formula is C11H10Cl2N2O. The van der Waals surface area contributed by atoms with Crippen molar-refractivity contribution in [1.82, 2.24) is 5.32 Å². The van der Waals surface area contributed by atoms with Crippen LogP contribution in [0.3, 0.4) is 0 Å². The number of benzene rings is 1. The summed E-state index contributed by atoms with van der Waals surface area (Å²) in [5.41, 5.74) is 0.488. The van der Waals surface area contributed by atoms with Crippen molar-refractivity contribution in [3.8, 4) is 0 Å². The Balaban J connectivity index is 2.14. The zero-order valence-electron chi connectivity index (χ0n) is 8.46. The second-order valence-corrected chi connectivity index (χ2v) is 4.32. The molecule has 2 rings (SSSR count). The summed E-state index contributed by atoms with van der Waals surface area (Å²) in [5.74, 6) is 0.686. The second kappa shape index (κ2) is 4.85. The lowest BCUT2D eigenvalue weighted by Gasteiger charge is -2.04. The van der Waals surface area contributed by atoms with E-state index in [2.05, 4.69) is 10.3 Å². The molecule has 0 saturated carbocycles. The Labute approximate surface area is 103 Å². The number of amidine groups is 1. The van der Waals surface area contributed by atoms with Crippen LogP contribution in [0.15, 0.2) is 23.2 Å². The van der Waals surface area contributed by atoms with E-state index in [-0.39, 0.29) is 12.2 Å². The maximum Gasteiger partial charge on any atom is 0.171 e. The molecule has 0 amide bonds. The summed E-state index contributed by atoms with van der Waals surface area (Å²) >= 11 is 11.7. The molecule has 0 saturated heterocycles. The zero-order valence-corrected chi connectivity index (χ0v) is 9.98. The predicted molar refractivity (Wildman–Crippen MR) is 65.7 cm³/mol. The third-order valence-corrected chi connectivity index (χ3v) is 2.85. The highest BCUT2D eigenvalue weighted by Gasteiger charge is 2.15. The summed E-state index contributed by atoms with van der Waals surface area (Å²) in [6, 6.07) is 4.87. The molecule has 0 fully saturated rings. The van der Waals surface area contributed by atoms with Gasteiger partial charge in [0.1, 0.15) is 5.84 Å². The van der Waals surface area contributed by atoms with E-state index in [0.29, 0.717) is 15.6 Å². The van der Waals surface area contributed by atoms with E-state index in [1.807, 2.05) is 0 Å². The maximum atomic E-state index is 11.9. The highest BCUT2D eigenvalue weighted by atomic mass is 35.5. The Bertz CT molecular complexity index is 457. The summed E-state index contributed by atoms with van der Waals surface area (Å²) in [4.78, 5) is 16.0. The summed E-state index contributed by atoms with van der Waals surface area (Å²) < 4.78 is 0. The van der Waals surface area contributed by atoms with E-state index >= 15 is 0 Å². The molecule has 0 aliphatic carbocycles. The molecule has 1 N–H and O–H groups in total. The van der Waals surface area contributed by atoms with Crippen molar-refractivity contribution in [1.29, 1.82) is 0 Å². The van der Waals surface area contributed by atoms with Gasteiger partial charge < -0.3 is 5.32 Å². The summed E-state index contributed by atoms with van der Waals surface area (Å²) in [6.45, 7) is 1.54. The first-order valence-corrected chi connectivity index (χ1v) is 5.68. The minimum atomic E-state index is -0.0465. The molecule has 1 aliphatic heterocycles. The monoisotopic (exact) mass is 256 g/mol. The van der Waals surface area contributed by atoms with Gasteiger partial charge in [-0.05, 0) is 18.2 Å². The van der Waals surface area contributed by atoms with Crippen molar-refractivity contribution in [2.75, 3.05) is 13.1 Å². The number of carbonyl (C=O) groups excluding carboxylic acids is 1. The Morgan fingerprint density at radius 3 is 2.88 bits per heavy atom. The molecule has 0 aromatic heterocycles. The predicted octanol–water partition coefficient (Wildman–Crippen LogP) is 2.57. The topological polar surface area (TPSA) is 41.5 Å². The molecule has 1 heterocycles. The van der Waals surface area contributed by atoms with Gasteiger partial charge >= 0.3 is 0 Å². The summed E-state index contributed by atoms with van der Waals surface area (Å²) in [6.07, 6.45) is 0.265. The van der Waals surface area contributed by atoms with Crippen molar-refractivity contribution in [2.24, 2.45) is 4.99 Å². The van der Waals surface area contributed by atoms with Crippen LogP contribution in [0, 0.1) is 0 Å². The molecule has 16 heavy (non-hydrogen) atoms. The van der Waals surface area contributed by atoms with Gasteiger partial charge in [0.05, 0.1) is 18.0 Å². The van der Waals surface area contributed by atoms with Crippen molar-refractivity contribution < 1.29 is 4.79 Å². The molecule has 5 heteroatoms. The average Bonchev–Trinajstić information content (AvgIpc) is 2.70. The molecule has 1 aromatic carbocycles. The van der Waals surface area contributed by atoms with Crippen LogP contribution in [0.1, 0.15) is 16.8 Å². The van der Waals surface area contributed by atoms with Gasteiger partial charge in [-0.15, -0.1) is 0 Å². The largest absolute Gasteiger partial charge is 0.372 e. The van der Waals surface area contributed by atoms with E-state index < -0.39 is 0 Å². The molecule has 1 aromatic rings. The second-order valence-electron chi connectivity index (χ2n) is 3.48. The van der Waals surface area contributed by atoms with Crippen LogP contribution in [0.25, 0.3) is 0 Å². The highest BCUT2D eigenvalue weighted by molar-refractivity contribution is 6.37. The van der Waals surface area contributed by atoms with Crippen LogP contribution in [0.5, 0.6) is 0 Å². The third-order valence-electron chi connectivity index (χ3n) is 2.30. The Kier molecular flexibility index (Phi) is 3.46. The maximum absolute atomic E-state index is 11.9. The molecule has 0 spiro atoms. The molecule has 0 radical (unpaired) electrons. The lowest BCUT2D eigenvalue weighted by atomic mass is 10.1. The fourth-order valence-electron chi connectivity index (χ4n) is 1.53. The lowest BCUT2D eigenvalue weighted by molar-refractivity contribution is 0.1000. The normalized spacial score (nSPS) is 14.5. The van der Waals surface area contributed by atoms with Crippen LogP contribution >= 0.6 is 23.2 Å². The minimum absolute atomic E-state index is 0.0465. The van der Waals surface area contributed by atoms with Crippen LogP contribution in [0.4, 0.5) is 0 Å². The average molecular weight is 257 g/mol. The van der Waals surface area contributed by atoms with Gasteiger partial charge in [-0.25, -0.2) is 0 Å². The third kappa shape index (κ3) is 2.54. The van der Waals surface area contributed by atoms with Crippen LogP contribution in [-0.2, 0) is 0 Å². The molecule has 1 aliphatic rings. The smallest absolute Gasteiger partial charge is 0.171 e. The van der Waals surface area contributed by atoms with E-state index in [4.69, 9.17) is 23.2 Å². The van der Waals surface area contributed by atoms with Gasteiger partial charge in [0.25, 0.3) is 0 Å². The molecule has 0 unspecified atom stereocenters. The molecular weight excluding hydrogens is 247 g/mol. The SMILES string of the molecule is O=C(CC1=NCCN1)c1ccc(Cl)cc1Cl. The molecule has 3 nitrogen and oxygen atoms in total. The number of Topliss-reactive ketones (excluding diaryl/α,β-unsaturated/α-hetero) is 1. The van der Waals surface area contributed by atoms with Crippen LogP contribution in [0.2, 0.25) is 10.0 Å². The van der Waals surface area contributed by atoms with Gasteiger partial charge in [-0.2, -0.15) is 0 Å². The van der Waals surface area contributed by atoms with Crippen molar-refractivity contribution in [2.45, 2.75) is 6.42 Å². The van der Waals surface area contributed by atoms with Gasteiger partial charge in [0.15, 0.2) is 5.78 Å². The number of rotatable bonds is 3. The number of hydrogen-bond donors (Lipinski definition) is 1. The lowest BCUT2D eigenvalue weighted by Crippen LogP contribution is -2.21. The number of nitrogens with one attached hydrogen (secondary N) is 1. The summed E-state index contributed by atoms with van der Waals surface area (Å²) in [7, 11) is 0. The highest BCUT2D eigenvalue weighted by Crippen LogP contribution is 2.22. The van der Waals surface area contributed by atoms with E-state index in [1.54, 1.807) is 18.2 Å². The quantitative estimate of drug-likeness (QED) is 0.845. The van der Waals surface area contributed by atoms with E-state index in [9.17, 15) is 4.79 Å². The van der Waals surface area contributed by atoms with Crippen molar-refractivity contribution >= 4 is 34.8 Å².